The molecule has 0 bridgehead atoms. The lowest BCUT2D eigenvalue weighted by atomic mass is 10.1. The van der Waals surface area contributed by atoms with Gasteiger partial charge in [0.05, 0.1) is 16.8 Å². The highest BCUT2D eigenvalue weighted by molar-refractivity contribution is 6.08. The molecule has 0 aliphatic carbocycles. The number of nitrogens with one attached hydrogen (secondary N) is 1. The van der Waals surface area contributed by atoms with E-state index < -0.39 is 11.8 Å². The molecule has 0 saturated carbocycles. The smallest absolute Gasteiger partial charge is 0.258 e. The van der Waals surface area contributed by atoms with E-state index in [2.05, 4.69) is 15.3 Å². The lowest BCUT2D eigenvalue weighted by molar-refractivity contribution is 0.100. The van der Waals surface area contributed by atoms with E-state index in [0.717, 1.165) is 0 Å². The van der Waals surface area contributed by atoms with Crippen LogP contribution in [0.2, 0.25) is 0 Å². The van der Waals surface area contributed by atoms with Gasteiger partial charge in [-0.25, -0.2) is 9.97 Å². The zero-order chi connectivity index (χ0) is 13.0. The molecule has 6 heteroatoms. The summed E-state index contributed by atoms with van der Waals surface area (Å²) in [5, 5.41) is 2.59. The summed E-state index contributed by atoms with van der Waals surface area (Å²) in [5.74, 6) is -1.00. The maximum atomic E-state index is 11.8. The number of nitrogens with zero attached hydrogens (tertiary/aromatic N) is 2. The van der Waals surface area contributed by atoms with Crippen LogP contribution in [0.15, 0.2) is 43.0 Å². The van der Waals surface area contributed by atoms with Crippen molar-refractivity contribution in [1.29, 1.82) is 0 Å². The standard InChI is InChI=1S/C12H10N4O2/c13-11(17)9-3-1-2-4-10(9)16-12(18)8-5-14-7-15-6-8/h1-7H,(H2,13,17)(H,16,18). The fraction of sp³-hybridized carbons (Fsp3) is 0. The van der Waals surface area contributed by atoms with Crippen LogP contribution in [0.3, 0.4) is 0 Å². The van der Waals surface area contributed by atoms with Crippen LogP contribution in [0.1, 0.15) is 20.7 Å². The number of anilines is 1. The van der Waals surface area contributed by atoms with E-state index in [1.54, 1.807) is 24.3 Å². The highest BCUT2D eigenvalue weighted by atomic mass is 16.2. The number of hydrogen-bond acceptors (Lipinski definition) is 4. The third-order valence-corrected chi connectivity index (χ3v) is 2.26. The number of amides is 2. The van der Waals surface area contributed by atoms with Crippen LogP contribution in [0, 0.1) is 0 Å². The Bertz CT molecular complexity index is 584. The van der Waals surface area contributed by atoms with Crippen molar-refractivity contribution in [2.75, 3.05) is 5.32 Å². The van der Waals surface area contributed by atoms with Crippen molar-refractivity contribution >= 4 is 17.5 Å². The van der Waals surface area contributed by atoms with Crippen LogP contribution >= 0.6 is 0 Å². The molecule has 1 aromatic heterocycles. The molecule has 0 aliphatic heterocycles. The number of nitrogens with two attached hydrogens (primary N) is 1. The van der Waals surface area contributed by atoms with Crippen LogP contribution in [0.4, 0.5) is 5.69 Å². The molecule has 0 aliphatic rings. The number of rotatable bonds is 3. The van der Waals surface area contributed by atoms with Crippen molar-refractivity contribution in [2.45, 2.75) is 0 Å². The lowest BCUT2D eigenvalue weighted by Gasteiger charge is -2.08. The Labute approximate surface area is 103 Å². The topological polar surface area (TPSA) is 98.0 Å². The van der Waals surface area contributed by atoms with E-state index >= 15 is 0 Å². The first-order chi connectivity index (χ1) is 8.68. The molecule has 0 saturated heterocycles. The Hall–Kier alpha value is -2.76. The molecular weight excluding hydrogens is 232 g/mol. The van der Waals surface area contributed by atoms with Crippen LogP contribution in [0.25, 0.3) is 0 Å². The van der Waals surface area contributed by atoms with E-state index in [4.69, 9.17) is 5.73 Å². The summed E-state index contributed by atoms with van der Waals surface area (Å²) >= 11 is 0. The highest BCUT2D eigenvalue weighted by Gasteiger charge is 2.11. The molecule has 2 rings (SSSR count). The predicted molar refractivity (Wildman–Crippen MR) is 64.9 cm³/mol. The van der Waals surface area contributed by atoms with Gasteiger partial charge in [0.15, 0.2) is 0 Å². The molecule has 0 unspecified atom stereocenters. The molecule has 3 N–H and O–H groups in total. The summed E-state index contributed by atoms with van der Waals surface area (Å²) in [5.41, 5.74) is 6.13. The van der Waals surface area contributed by atoms with Crippen LogP contribution < -0.4 is 11.1 Å². The fourth-order valence-corrected chi connectivity index (χ4v) is 1.42. The molecule has 2 aromatic rings. The van der Waals surface area contributed by atoms with Crippen LogP contribution in [-0.2, 0) is 0 Å². The molecule has 18 heavy (non-hydrogen) atoms. The second-order valence-electron chi connectivity index (χ2n) is 3.49. The molecule has 90 valence electrons. The van der Waals surface area contributed by atoms with Gasteiger partial charge in [-0.05, 0) is 12.1 Å². The third-order valence-electron chi connectivity index (χ3n) is 2.26. The van der Waals surface area contributed by atoms with E-state index in [1.165, 1.54) is 18.7 Å². The van der Waals surface area contributed by atoms with Crippen molar-refractivity contribution in [1.82, 2.24) is 9.97 Å². The van der Waals surface area contributed by atoms with Gasteiger partial charge in [0.25, 0.3) is 11.8 Å². The average Bonchev–Trinajstić information content (AvgIpc) is 2.40. The van der Waals surface area contributed by atoms with Gasteiger partial charge in [0, 0.05) is 12.4 Å². The SMILES string of the molecule is NC(=O)c1ccccc1NC(=O)c1cncnc1. The predicted octanol–water partition coefficient (Wildman–Crippen LogP) is 0.828. The normalized spacial score (nSPS) is 9.78. The summed E-state index contributed by atoms with van der Waals surface area (Å²) in [6.45, 7) is 0. The number of benzene rings is 1. The highest BCUT2D eigenvalue weighted by Crippen LogP contribution is 2.15. The Morgan fingerprint density at radius 1 is 1.11 bits per heavy atom. The number of carbonyl (C=O) groups is 2. The fourth-order valence-electron chi connectivity index (χ4n) is 1.42. The monoisotopic (exact) mass is 242 g/mol. The second-order valence-corrected chi connectivity index (χ2v) is 3.49. The van der Waals surface area contributed by atoms with E-state index in [9.17, 15) is 9.59 Å². The molecular formula is C12H10N4O2. The van der Waals surface area contributed by atoms with Crippen molar-refractivity contribution in [3.05, 3.63) is 54.1 Å². The van der Waals surface area contributed by atoms with Gasteiger partial charge in [0.1, 0.15) is 6.33 Å². The molecule has 0 atom stereocenters. The molecule has 0 spiro atoms. The average molecular weight is 242 g/mol. The summed E-state index contributed by atoms with van der Waals surface area (Å²) < 4.78 is 0. The summed E-state index contributed by atoms with van der Waals surface area (Å²) in [7, 11) is 0. The number of carbonyl (C=O) groups excluding carboxylic acids is 2. The summed E-state index contributed by atoms with van der Waals surface area (Å²) in [6.07, 6.45) is 4.10. The van der Waals surface area contributed by atoms with Crippen molar-refractivity contribution in [2.24, 2.45) is 5.73 Å². The zero-order valence-electron chi connectivity index (χ0n) is 9.33. The van der Waals surface area contributed by atoms with Gasteiger partial charge in [-0.15, -0.1) is 0 Å². The zero-order valence-corrected chi connectivity index (χ0v) is 9.33. The third kappa shape index (κ3) is 2.49. The molecule has 2 amide bonds. The van der Waals surface area contributed by atoms with Gasteiger partial charge in [0.2, 0.25) is 0 Å². The number of aromatic nitrogens is 2. The first-order valence-corrected chi connectivity index (χ1v) is 5.13. The minimum absolute atomic E-state index is 0.252. The molecule has 0 radical (unpaired) electrons. The minimum atomic E-state index is -0.602. The van der Waals surface area contributed by atoms with Crippen LogP contribution in [0.5, 0.6) is 0 Å². The van der Waals surface area contributed by atoms with E-state index in [0.29, 0.717) is 11.3 Å². The Kier molecular flexibility index (Phi) is 3.29. The Morgan fingerprint density at radius 2 is 1.78 bits per heavy atom. The van der Waals surface area contributed by atoms with Gasteiger partial charge < -0.3 is 11.1 Å². The summed E-state index contributed by atoms with van der Waals surface area (Å²) in [4.78, 5) is 30.5. The van der Waals surface area contributed by atoms with Gasteiger partial charge in [-0.2, -0.15) is 0 Å². The van der Waals surface area contributed by atoms with Gasteiger partial charge in [-0.1, -0.05) is 12.1 Å². The van der Waals surface area contributed by atoms with Crippen molar-refractivity contribution < 1.29 is 9.59 Å². The second kappa shape index (κ2) is 5.05. The quantitative estimate of drug-likeness (QED) is 0.832. The molecule has 6 nitrogen and oxygen atoms in total. The van der Waals surface area contributed by atoms with Gasteiger partial charge in [-0.3, -0.25) is 9.59 Å². The Morgan fingerprint density at radius 3 is 2.44 bits per heavy atom. The lowest BCUT2D eigenvalue weighted by Crippen LogP contribution is -2.18. The van der Waals surface area contributed by atoms with E-state index in [1.807, 2.05) is 0 Å². The first-order valence-electron chi connectivity index (χ1n) is 5.13. The van der Waals surface area contributed by atoms with Crippen LogP contribution in [-0.4, -0.2) is 21.8 Å². The molecule has 0 fully saturated rings. The van der Waals surface area contributed by atoms with E-state index in [-0.39, 0.29) is 5.56 Å². The number of primary amides is 1. The number of hydrogen-bond donors (Lipinski definition) is 2. The molecule has 1 aromatic carbocycles. The number of para-hydroxylation sites is 1. The van der Waals surface area contributed by atoms with Crippen molar-refractivity contribution in [3.8, 4) is 0 Å². The van der Waals surface area contributed by atoms with Crippen molar-refractivity contribution in [3.63, 3.8) is 0 Å². The van der Waals surface area contributed by atoms with Gasteiger partial charge >= 0.3 is 0 Å². The summed E-state index contributed by atoms with van der Waals surface area (Å²) in [6, 6.07) is 6.51. The maximum absolute atomic E-state index is 11.8. The molecule has 1 heterocycles. The largest absolute Gasteiger partial charge is 0.366 e. The first kappa shape index (κ1) is 11.7. The Balaban J connectivity index is 2.25. The minimum Gasteiger partial charge on any atom is -0.366 e. The maximum Gasteiger partial charge on any atom is 0.258 e.